The van der Waals surface area contributed by atoms with E-state index in [9.17, 15) is 14.3 Å². The van der Waals surface area contributed by atoms with Gasteiger partial charge in [0.1, 0.15) is 5.82 Å². The van der Waals surface area contributed by atoms with E-state index in [2.05, 4.69) is 4.98 Å². The van der Waals surface area contributed by atoms with Crippen molar-refractivity contribution in [3.8, 4) is 22.5 Å². The molecule has 0 saturated carbocycles. The Morgan fingerprint density at radius 3 is 2.42 bits per heavy atom. The monoisotopic (exact) mass is 467 g/mol. The zero-order valence-electron chi connectivity index (χ0n) is 18.6. The Morgan fingerprint density at radius 1 is 1.12 bits per heavy atom. The molecule has 0 aliphatic carbocycles. The number of halogens is 2. The first kappa shape index (κ1) is 22.9. The van der Waals surface area contributed by atoms with Crippen molar-refractivity contribution in [3.63, 3.8) is 0 Å². The van der Waals surface area contributed by atoms with Crippen molar-refractivity contribution in [2.75, 3.05) is 0 Å². The lowest BCUT2D eigenvalue weighted by Crippen LogP contribution is -2.29. The Morgan fingerprint density at radius 2 is 1.82 bits per heavy atom. The summed E-state index contributed by atoms with van der Waals surface area (Å²) in [5, 5.41) is 15.3. The zero-order valence-corrected chi connectivity index (χ0v) is 19.4. The van der Waals surface area contributed by atoms with Crippen LogP contribution in [0.3, 0.4) is 0 Å². The highest BCUT2D eigenvalue weighted by molar-refractivity contribution is 6.30. The molecular weight excluding hydrogens is 445 g/mol. The van der Waals surface area contributed by atoms with Crippen LogP contribution in [0.25, 0.3) is 28.2 Å². The lowest BCUT2D eigenvalue weighted by Gasteiger charge is -2.27. The second-order valence-electron chi connectivity index (χ2n) is 8.72. The number of aliphatic carboxylic acids is 1. The first-order chi connectivity index (χ1) is 15.5. The van der Waals surface area contributed by atoms with Crippen molar-refractivity contribution in [1.29, 1.82) is 0 Å². The summed E-state index contributed by atoms with van der Waals surface area (Å²) in [6.07, 6.45) is -1.30. The van der Waals surface area contributed by atoms with Crippen molar-refractivity contribution in [3.05, 3.63) is 76.7 Å². The molecule has 4 aromatic rings. The van der Waals surface area contributed by atoms with Gasteiger partial charge in [0, 0.05) is 33.5 Å². The third-order valence-electron chi connectivity index (χ3n) is 5.03. The van der Waals surface area contributed by atoms with E-state index in [0.717, 1.165) is 5.56 Å². The molecule has 0 spiro atoms. The molecule has 0 unspecified atom stereocenters. The third-order valence-corrected chi connectivity index (χ3v) is 5.26. The number of carboxylic acids is 1. The molecule has 0 aliphatic rings. The Balaban J connectivity index is 2.04. The minimum Gasteiger partial charge on any atom is -0.479 e. The minimum atomic E-state index is -1.30. The Labute approximate surface area is 195 Å². The van der Waals surface area contributed by atoms with E-state index in [-0.39, 0.29) is 0 Å². The lowest BCUT2D eigenvalue weighted by molar-refractivity contribution is -0.160. The van der Waals surface area contributed by atoms with Crippen LogP contribution in [0.4, 0.5) is 4.39 Å². The predicted octanol–water partition coefficient (Wildman–Crippen LogP) is 6.11. The number of hydrogen-bond acceptors (Lipinski definition) is 4. The second kappa shape index (κ2) is 8.57. The van der Waals surface area contributed by atoms with Gasteiger partial charge in [-0.2, -0.15) is 5.10 Å². The normalized spacial score (nSPS) is 12.8. The molecule has 1 atom stereocenters. The maximum Gasteiger partial charge on any atom is 0.337 e. The van der Waals surface area contributed by atoms with Crippen molar-refractivity contribution in [1.82, 2.24) is 14.6 Å². The highest BCUT2D eigenvalue weighted by atomic mass is 35.5. The highest BCUT2D eigenvalue weighted by Gasteiger charge is 2.33. The maximum atomic E-state index is 13.7. The van der Waals surface area contributed by atoms with Gasteiger partial charge >= 0.3 is 5.97 Å². The molecular formula is C25H23ClFN3O3. The summed E-state index contributed by atoms with van der Waals surface area (Å²) in [6, 6.07) is 14.9. The van der Waals surface area contributed by atoms with Crippen LogP contribution in [-0.4, -0.2) is 31.3 Å². The van der Waals surface area contributed by atoms with E-state index >= 15 is 0 Å². The molecule has 1 N–H and O–H groups in total. The molecule has 2 aromatic heterocycles. The third kappa shape index (κ3) is 4.74. The molecule has 0 fully saturated rings. The Hall–Kier alpha value is -3.29. The average Bonchev–Trinajstić information content (AvgIpc) is 3.15. The van der Waals surface area contributed by atoms with Crippen LogP contribution in [0, 0.1) is 12.7 Å². The van der Waals surface area contributed by atoms with Crippen LogP contribution in [0.5, 0.6) is 0 Å². The first-order valence-electron chi connectivity index (χ1n) is 10.4. The summed E-state index contributed by atoms with van der Waals surface area (Å²) in [4.78, 5) is 16.9. The smallest absolute Gasteiger partial charge is 0.337 e. The molecule has 4 rings (SSSR count). The summed E-state index contributed by atoms with van der Waals surface area (Å²) in [7, 11) is 0. The minimum absolute atomic E-state index is 0.359. The summed E-state index contributed by atoms with van der Waals surface area (Å²) >= 11 is 6.16. The fraction of sp³-hybridized carbons (Fsp3) is 0.240. The zero-order chi connectivity index (χ0) is 23.9. The van der Waals surface area contributed by atoms with Gasteiger partial charge in [0.25, 0.3) is 0 Å². The number of rotatable bonds is 5. The van der Waals surface area contributed by atoms with E-state index in [0.29, 0.717) is 38.9 Å². The average molecular weight is 468 g/mol. The van der Waals surface area contributed by atoms with Gasteiger partial charge in [-0.25, -0.2) is 18.7 Å². The van der Waals surface area contributed by atoms with Crippen LogP contribution in [0.1, 0.15) is 38.1 Å². The SMILES string of the molecule is Cc1nc2cc(-c3cccc(Cl)c3)nn2c(-c2ccc(F)cc2)c1[C@H](OC(C)(C)C)C(=O)O. The van der Waals surface area contributed by atoms with Gasteiger partial charge in [0.2, 0.25) is 0 Å². The largest absolute Gasteiger partial charge is 0.479 e. The van der Waals surface area contributed by atoms with Gasteiger partial charge in [-0.15, -0.1) is 0 Å². The molecule has 0 aliphatic heterocycles. The van der Waals surface area contributed by atoms with Crippen LogP contribution in [-0.2, 0) is 9.53 Å². The predicted molar refractivity (Wildman–Crippen MR) is 125 cm³/mol. The molecule has 0 radical (unpaired) electrons. The number of carbonyl (C=O) groups is 1. The van der Waals surface area contributed by atoms with Gasteiger partial charge in [-0.1, -0.05) is 23.7 Å². The standard InChI is InChI=1S/C25H23ClFN3O3/c1-14-21(23(24(31)32)33-25(2,3)4)22(15-8-10-18(27)11-9-15)30-20(28-14)13-19(29-30)16-6-5-7-17(26)12-16/h5-13,23H,1-4H3,(H,31,32)/t23-/m0/s1. The van der Waals surface area contributed by atoms with Gasteiger partial charge in [0.05, 0.1) is 17.0 Å². The van der Waals surface area contributed by atoms with E-state index in [4.69, 9.17) is 21.4 Å². The topological polar surface area (TPSA) is 76.7 Å². The van der Waals surface area contributed by atoms with Crippen LogP contribution in [0.15, 0.2) is 54.6 Å². The highest BCUT2D eigenvalue weighted by Crippen LogP contribution is 2.36. The number of aryl methyl sites for hydroxylation is 1. The number of fused-ring (bicyclic) bond motifs is 1. The van der Waals surface area contributed by atoms with E-state index in [1.807, 2.05) is 12.1 Å². The molecule has 2 aromatic carbocycles. The maximum absolute atomic E-state index is 13.7. The van der Waals surface area contributed by atoms with Crippen molar-refractivity contribution in [2.45, 2.75) is 39.4 Å². The molecule has 0 bridgehead atoms. The summed E-state index contributed by atoms with van der Waals surface area (Å²) < 4.78 is 21.2. The summed E-state index contributed by atoms with van der Waals surface area (Å²) in [5.41, 5.74) is 3.10. The van der Waals surface area contributed by atoms with E-state index < -0.39 is 23.5 Å². The Kier molecular flexibility index (Phi) is 5.95. The summed E-state index contributed by atoms with van der Waals surface area (Å²) in [5.74, 6) is -1.55. The van der Waals surface area contributed by atoms with Gasteiger partial charge in [-0.05, 0) is 64.1 Å². The van der Waals surface area contributed by atoms with Crippen molar-refractivity contribution >= 4 is 23.2 Å². The first-order valence-corrected chi connectivity index (χ1v) is 10.7. The second-order valence-corrected chi connectivity index (χ2v) is 9.16. The molecule has 170 valence electrons. The number of benzene rings is 2. The van der Waals surface area contributed by atoms with Crippen molar-refractivity contribution < 1.29 is 19.0 Å². The van der Waals surface area contributed by atoms with E-state index in [1.165, 1.54) is 12.1 Å². The molecule has 33 heavy (non-hydrogen) atoms. The fourth-order valence-corrected chi connectivity index (χ4v) is 3.90. The molecule has 6 nitrogen and oxygen atoms in total. The number of carboxylic acid groups (broad SMARTS) is 1. The van der Waals surface area contributed by atoms with Crippen LogP contribution < -0.4 is 0 Å². The molecule has 2 heterocycles. The van der Waals surface area contributed by atoms with Gasteiger partial charge in [-0.3, -0.25) is 0 Å². The fourth-order valence-electron chi connectivity index (χ4n) is 3.71. The van der Waals surface area contributed by atoms with Crippen molar-refractivity contribution in [2.24, 2.45) is 0 Å². The Bertz CT molecular complexity index is 1340. The van der Waals surface area contributed by atoms with Gasteiger partial charge < -0.3 is 9.84 Å². The number of nitrogens with zero attached hydrogens (tertiary/aromatic N) is 3. The molecule has 0 amide bonds. The van der Waals surface area contributed by atoms with Crippen LogP contribution in [0.2, 0.25) is 5.02 Å². The number of aromatic nitrogens is 3. The summed E-state index contributed by atoms with van der Waals surface area (Å²) in [6.45, 7) is 7.09. The quantitative estimate of drug-likeness (QED) is 0.383. The number of hydrogen-bond donors (Lipinski definition) is 1. The van der Waals surface area contributed by atoms with Crippen LogP contribution >= 0.6 is 11.6 Å². The van der Waals surface area contributed by atoms with Gasteiger partial charge in [0.15, 0.2) is 11.8 Å². The van der Waals surface area contributed by atoms with E-state index in [1.54, 1.807) is 62.5 Å². The molecule has 8 heteroatoms. The lowest BCUT2D eigenvalue weighted by atomic mass is 9.99. The number of ether oxygens (including phenoxy) is 1. The molecule has 0 saturated heterocycles.